The van der Waals surface area contributed by atoms with Gasteiger partial charge in [0.1, 0.15) is 6.11 Å². The van der Waals surface area contributed by atoms with E-state index >= 15 is 0 Å². The Morgan fingerprint density at radius 1 is 1.10 bits per heavy atom. The van der Waals surface area contributed by atoms with E-state index in [1.165, 1.54) is 0 Å². The van der Waals surface area contributed by atoms with Gasteiger partial charge < -0.3 is 9.64 Å². The molecule has 0 heterocycles. The Bertz CT molecular complexity index is 767. The maximum absolute atomic E-state index is 11.4. The maximum atomic E-state index is 11.4. The predicted molar refractivity (Wildman–Crippen MR) is 83.1 cm³/mol. The quantitative estimate of drug-likeness (QED) is 0.638. The highest BCUT2D eigenvalue weighted by molar-refractivity contribution is 6.07. The molecule has 0 spiro atoms. The van der Waals surface area contributed by atoms with Gasteiger partial charge in [0.15, 0.2) is 18.3 Å². The number of hydrogen-bond acceptors (Lipinski definition) is 4. The Kier molecular flexibility index (Phi) is 4.24. The Hall–Kier alpha value is -2.80. The number of fused-ring (bicyclic) bond motifs is 1. The van der Waals surface area contributed by atoms with Gasteiger partial charge in [-0.2, -0.15) is 0 Å². The van der Waals surface area contributed by atoms with Crippen LogP contribution in [-0.2, 0) is 0 Å². The summed E-state index contributed by atoms with van der Waals surface area (Å²) in [5, 5.41) is 1.54. The molecule has 0 aliphatic rings. The highest BCUT2D eigenvalue weighted by Gasteiger charge is 2.14. The summed E-state index contributed by atoms with van der Waals surface area (Å²) in [7, 11) is 3.86. The van der Waals surface area contributed by atoms with Gasteiger partial charge in [0.05, 0.1) is 5.56 Å². The molecule has 0 N–H and O–H groups in total. The summed E-state index contributed by atoms with van der Waals surface area (Å²) >= 11 is 0. The Morgan fingerprint density at radius 2 is 1.81 bits per heavy atom. The topological polar surface area (TPSA) is 46.6 Å². The molecule has 106 valence electrons. The van der Waals surface area contributed by atoms with Crippen LogP contribution in [0, 0.1) is 12.0 Å². The van der Waals surface area contributed by atoms with Gasteiger partial charge in [0.25, 0.3) is 0 Å². The fourth-order valence-corrected chi connectivity index (χ4v) is 2.13. The van der Waals surface area contributed by atoms with E-state index in [0.29, 0.717) is 23.9 Å². The molecular formula is C17H15NO3. The first-order chi connectivity index (χ1) is 10.1. The van der Waals surface area contributed by atoms with Crippen LogP contribution in [0.1, 0.15) is 27.6 Å². The third-order valence-corrected chi connectivity index (χ3v) is 3.18. The second kappa shape index (κ2) is 6.10. The van der Waals surface area contributed by atoms with E-state index in [1.807, 2.05) is 37.2 Å². The van der Waals surface area contributed by atoms with Crippen molar-refractivity contribution in [2.24, 2.45) is 0 Å². The van der Waals surface area contributed by atoms with Crippen molar-refractivity contribution in [1.29, 1.82) is 0 Å². The SMILES string of the molecule is CC#COc1cc2cc(N(C)C)ccc2c(C=O)c1C=O. The molecule has 0 saturated carbocycles. The fourth-order valence-electron chi connectivity index (χ4n) is 2.13. The fraction of sp³-hybridized carbons (Fsp3) is 0.176. The van der Waals surface area contributed by atoms with E-state index in [4.69, 9.17) is 4.74 Å². The van der Waals surface area contributed by atoms with Crippen molar-refractivity contribution in [2.45, 2.75) is 6.92 Å². The molecule has 0 bridgehead atoms. The van der Waals surface area contributed by atoms with Crippen molar-refractivity contribution in [1.82, 2.24) is 0 Å². The summed E-state index contributed by atoms with van der Waals surface area (Å²) in [5.41, 5.74) is 1.53. The summed E-state index contributed by atoms with van der Waals surface area (Å²) < 4.78 is 5.26. The van der Waals surface area contributed by atoms with Gasteiger partial charge in [-0.25, -0.2) is 0 Å². The van der Waals surface area contributed by atoms with Crippen LogP contribution < -0.4 is 9.64 Å². The van der Waals surface area contributed by atoms with Gasteiger partial charge in [-0.1, -0.05) is 12.0 Å². The number of aldehydes is 2. The first kappa shape index (κ1) is 14.6. The van der Waals surface area contributed by atoms with Crippen LogP contribution in [0.25, 0.3) is 10.8 Å². The van der Waals surface area contributed by atoms with Crippen molar-refractivity contribution in [3.05, 3.63) is 35.4 Å². The van der Waals surface area contributed by atoms with Gasteiger partial charge in [-0.05, 0) is 29.0 Å². The molecule has 0 fully saturated rings. The van der Waals surface area contributed by atoms with Crippen molar-refractivity contribution >= 4 is 29.0 Å². The van der Waals surface area contributed by atoms with E-state index in [1.54, 1.807) is 13.0 Å². The van der Waals surface area contributed by atoms with Gasteiger partial charge in [0, 0.05) is 32.3 Å². The lowest BCUT2D eigenvalue weighted by Gasteiger charge is -2.15. The predicted octanol–water partition coefficient (Wildman–Crippen LogP) is 2.89. The second-order valence-corrected chi connectivity index (χ2v) is 4.69. The van der Waals surface area contributed by atoms with Crippen LogP contribution in [0.3, 0.4) is 0 Å². The zero-order valence-corrected chi connectivity index (χ0v) is 12.1. The number of benzene rings is 2. The molecule has 2 rings (SSSR count). The van der Waals surface area contributed by atoms with Crippen molar-refractivity contribution in [2.75, 3.05) is 19.0 Å². The zero-order valence-electron chi connectivity index (χ0n) is 12.1. The normalized spacial score (nSPS) is 9.67. The molecule has 4 nitrogen and oxygen atoms in total. The summed E-state index contributed by atoms with van der Waals surface area (Å²) in [6, 6.07) is 7.39. The summed E-state index contributed by atoms with van der Waals surface area (Å²) in [4.78, 5) is 24.6. The van der Waals surface area contributed by atoms with Gasteiger partial charge in [0.2, 0.25) is 0 Å². The van der Waals surface area contributed by atoms with Gasteiger partial charge in [-0.3, -0.25) is 9.59 Å². The molecule has 2 aromatic carbocycles. The molecule has 0 aliphatic carbocycles. The van der Waals surface area contributed by atoms with Crippen LogP contribution in [0.2, 0.25) is 0 Å². The van der Waals surface area contributed by atoms with Crippen molar-refractivity contribution in [3.8, 4) is 17.8 Å². The molecule has 0 saturated heterocycles. The van der Waals surface area contributed by atoms with Crippen molar-refractivity contribution < 1.29 is 14.3 Å². The average Bonchev–Trinajstić information content (AvgIpc) is 2.50. The van der Waals surface area contributed by atoms with Crippen LogP contribution in [0.15, 0.2) is 24.3 Å². The summed E-state index contributed by atoms with van der Waals surface area (Å²) in [6.45, 7) is 1.63. The molecule has 0 amide bonds. The monoisotopic (exact) mass is 281 g/mol. The standard InChI is InChI=1S/C17H15NO3/c1-4-7-21-17-9-12-8-13(18(2)3)5-6-14(12)15(10-19)16(17)11-20/h5-6,8-11H,1-3H3. The largest absolute Gasteiger partial charge is 0.407 e. The summed E-state index contributed by atoms with van der Waals surface area (Å²) in [6.07, 6.45) is 3.75. The van der Waals surface area contributed by atoms with E-state index in [2.05, 4.69) is 12.0 Å². The Morgan fingerprint density at radius 3 is 2.38 bits per heavy atom. The van der Waals surface area contributed by atoms with Crippen molar-refractivity contribution in [3.63, 3.8) is 0 Å². The highest BCUT2D eigenvalue weighted by Crippen LogP contribution is 2.31. The van der Waals surface area contributed by atoms with E-state index in [0.717, 1.165) is 16.5 Å². The molecule has 0 unspecified atom stereocenters. The maximum Gasteiger partial charge on any atom is 0.154 e. The van der Waals surface area contributed by atoms with Crippen LogP contribution in [0.5, 0.6) is 5.75 Å². The summed E-state index contributed by atoms with van der Waals surface area (Å²) in [5.74, 6) is 2.89. The first-order valence-electron chi connectivity index (χ1n) is 6.39. The van der Waals surface area contributed by atoms with Crippen LogP contribution >= 0.6 is 0 Å². The first-order valence-corrected chi connectivity index (χ1v) is 6.39. The molecule has 4 heteroatoms. The van der Waals surface area contributed by atoms with Gasteiger partial charge >= 0.3 is 0 Å². The van der Waals surface area contributed by atoms with E-state index in [9.17, 15) is 9.59 Å². The minimum Gasteiger partial charge on any atom is -0.407 e. The highest BCUT2D eigenvalue weighted by atomic mass is 16.5. The number of carbonyl (C=O) groups is 2. The number of rotatable bonds is 4. The molecule has 0 aliphatic heterocycles. The minimum absolute atomic E-state index is 0.220. The number of anilines is 1. The second-order valence-electron chi connectivity index (χ2n) is 4.69. The lowest BCUT2D eigenvalue weighted by atomic mass is 9.98. The zero-order chi connectivity index (χ0) is 15.4. The molecule has 0 atom stereocenters. The smallest absolute Gasteiger partial charge is 0.154 e. The Labute approximate surface area is 123 Å². The van der Waals surface area contributed by atoms with Gasteiger partial charge in [-0.15, -0.1) is 0 Å². The van der Waals surface area contributed by atoms with E-state index < -0.39 is 0 Å². The number of hydrogen-bond donors (Lipinski definition) is 0. The van der Waals surface area contributed by atoms with Crippen LogP contribution in [0.4, 0.5) is 5.69 Å². The number of nitrogens with zero attached hydrogens (tertiary/aromatic N) is 1. The average molecular weight is 281 g/mol. The molecule has 0 radical (unpaired) electrons. The molecule has 2 aromatic rings. The third kappa shape index (κ3) is 2.72. The van der Waals surface area contributed by atoms with Crippen LogP contribution in [-0.4, -0.2) is 26.7 Å². The molecular weight excluding hydrogens is 266 g/mol. The molecule has 0 aromatic heterocycles. The molecule has 21 heavy (non-hydrogen) atoms. The third-order valence-electron chi connectivity index (χ3n) is 3.18. The van der Waals surface area contributed by atoms with E-state index in [-0.39, 0.29) is 5.56 Å². The number of carbonyl (C=O) groups excluding carboxylic acids is 2. The number of ether oxygens (including phenoxy) is 1. The minimum atomic E-state index is 0.220. The lowest BCUT2D eigenvalue weighted by Crippen LogP contribution is -2.08. The Balaban J connectivity index is 2.79. The lowest BCUT2D eigenvalue weighted by molar-refractivity contribution is 0.109.